The molecule has 6 aromatic carbocycles. The number of phenolic OH excluding ortho intramolecular Hbond substituents is 2. The van der Waals surface area contributed by atoms with E-state index in [0.717, 1.165) is 33.3 Å². The maximum absolute atomic E-state index is 13.2. The summed E-state index contributed by atoms with van der Waals surface area (Å²) >= 11 is 0. The van der Waals surface area contributed by atoms with Crippen LogP contribution in [0.1, 0.15) is 15.9 Å². The highest BCUT2D eigenvalue weighted by Gasteiger charge is 2.19. The molecule has 54 heavy (non-hydrogen) atoms. The van der Waals surface area contributed by atoms with Crippen LogP contribution in [0.25, 0.3) is 45.1 Å². The van der Waals surface area contributed by atoms with Crippen molar-refractivity contribution in [3.05, 3.63) is 145 Å². The van der Waals surface area contributed by atoms with E-state index >= 15 is 0 Å². The third kappa shape index (κ3) is 7.51. The quantitative estimate of drug-likeness (QED) is 0.0820. The lowest BCUT2D eigenvalue weighted by atomic mass is 10.0. The Morgan fingerprint density at radius 2 is 0.852 bits per heavy atom. The van der Waals surface area contributed by atoms with Crippen molar-refractivity contribution in [2.24, 2.45) is 0 Å². The van der Waals surface area contributed by atoms with Crippen molar-refractivity contribution in [2.75, 3.05) is 26.4 Å². The molecular formula is C43H32N2O9. The van der Waals surface area contributed by atoms with E-state index < -0.39 is 5.78 Å². The largest absolute Gasteiger partial charge is 0.507 e. The maximum atomic E-state index is 13.2. The molecule has 8 rings (SSSR count). The van der Waals surface area contributed by atoms with Gasteiger partial charge in [-0.2, -0.15) is 0 Å². The summed E-state index contributed by atoms with van der Waals surface area (Å²) in [5, 5.41) is 21.3. The summed E-state index contributed by atoms with van der Waals surface area (Å²) in [4.78, 5) is 22.2. The van der Waals surface area contributed by atoms with Gasteiger partial charge in [0.05, 0.1) is 11.1 Å². The fourth-order valence-electron chi connectivity index (χ4n) is 5.75. The zero-order valence-corrected chi connectivity index (χ0v) is 28.7. The molecule has 0 bridgehead atoms. The van der Waals surface area contributed by atoms with E-state index in [-0.39, 0.29) is 49.1 Å². The minimum absolute atomic E-state index is 0.0112. The minimum atomic E-state index is -0.558. The summed E-state index contributed by atoms with van der Waals surface area (Å²) in [6.45, 7) is 0.877. The van der Waals surface area contributed by atoms with Crippen LogP contribution in [-0.4, -0.2) is 52.4 Å². The number of nitrogens with zero attached hydrogens (tertiary/aromatic N) is 2. The van der Waals surface area contributed by atoms with Gasteiger partial charge in [-0.05, 0) is 97.1 Å². The molecule has 2 N–H and O–H groups in total. The van der Waals surface area contributed by atoms with Gasteiger partial charge in [-0.3, -0.25) is 4.79 Å². The van der Waals surface area contributed by atoms with E-state index in [0.29, 0.717) is 34.8 Å². The number of fused-ring (bicyclic) bond motifs is 2. The average molecular weight is 721 g/mol. The summed E-state index contributed by atoms with van der Waals surface area (Å²) < 4.78 is 34.6. The highest BCUT2D eigenvalue weighted by molar-refractivity contribution is 6.12. The van der Waals surface area contributed by atoms with Crippen molar-refractivity contribution in [1.82, 2.24) is 9.97 Å². The van der Waals surface area contributed by atoms with Crippen molar-refractivity contribution in [3.63, 3.8) is 0 Å². The Morgan fingerprint density at radius 3 is 1.24 bits per heavy atom. The van der Waals surface area contributed by atoms with Crippen molar-refractivity contribution in [2.45, 2.75) is 0 Å². The highest BCUT2D eigenvalue weighted by Crippen LogP contribution is 2.32. The molecule has 0 fully saturated rings. The second kappa shape index (κ2) is 15.1. The van der Waals surface area contributed by atoms with Crippen molar-refractivity contribution in [1.29, 1.82) is 0 Å². The predicted octanol–water partition coefficient (Wildman–Crippen LogP) is 8.86. The molecule has 0 saturated carbocycles. The summed E-state index contributed by atoms with van der Waals surface area (Å²) in [5.41, 5.74) is 4.72. The monoisotopic (exact) mass is 720 g/mol. The molecule has 0 amide bonds. The van der Waals surface area contributed by atoms with Gasteiger partial charge in [0.2, 0.25) is 11.8 Å². The van der Waals surface area contributed by atoms with Crippen LogP contribution in [0.2, 0.25) is 0 Å². The van der Waals surface area contributed by atoms with Crippen LogP contribution in [-0.2, 0) is 0 Å². The first kappa shape index (κ1) is 33.9. The molecule has 0 radical (unpaired) electrons. The van der Waals surface area contributed by atoms with Crippen molar-refractivity contribution in [3.8, 4) is 57.4 Å². The third-order valence-electron chi connectivity index (χ3n) is 8.46. The second-order valence-electron chi connectivity index (χ2n) is 12.1. The molecule has 0 aliphatic carbocycles. The number of aromatic nitrogens is 2. The van der Waals surface area contributed by atoms with E-state index in [2.05, 4.69) is 9.97 Å². The molecule has 268 valence electrons. The zero-order chi connectivity index (χ0) is 36.9. The van der Waals surface area contributed by atoms with Gasteiger partial charge in [0.15, 0.2) is 16.9 Å². The molecule has 2 heterocycles. The van der Waals surface area contributed by atoms with E-state index in [1.165, 1.54) is 24.3 Å². The van der Waals surface area contributed by atoms with Gasteiger partial charge in [-0.25, -0.2) is 9.97 Å². The SMILES string of the molecule is O=C(c1ccc(OCCOc2ccc(-c3nc4ccccc4o3)cc2)cc1O)c1ccc(OCCOc2ccc(-c3nc4ccccc4o3)cc2)cc1O. The lowest BCUT2D eigenvalue weighted by molar-refractivity contribution is 0.103. The number of carbonyl (C=O) groups is 1. The zero-order valence-electron chi connectivity index (χ0n) is 28.7. The van der Waals surface area contributed by atoms with Crippen LogP contribution >= 0.6 is 0 Å². The first-order valence-electron chi connectivity index (χ1n) is 17.1. The van der Waals surface area contributed by atoms with E-state index in [9.17, 15) is 15.0 Å². The van der Waals surface area contributed by atoms with Gasteiger partial charge < -0.3 is 38.0 Å². The average Bonchev–Trinajstić information content (AvgIpc) is 3.84. The Kier molecular flexibility index (Phi) is 9.49. The van der Waals surface area contributed by atoms with E-state index in [4.69, 9.17) is 27.8 Å². The standard InChI is InChI=1S/C43H32N2O9/c46-37-25-31(51-23-21-49-29-13-9-27(10-14-29)42-44-35-5-1-3-7-39(35)53-42)17-19-33(37)41(48)34-20-18-32(26-38(34)47)52-24-22-50-30-15-11-28(12-16-30)43-45-36-6-2-4-8-40(36)54-43/h1-20,25-26,46-47H,21-24H2. The smallest absolute Gasteiger partial charge is 0.227 e. The van der Waals surface area contributed by atoms with Crippen LogP contribution < -0.4 is 18.9 Å². The summed E-state index contributed by atoms with van der Waals surface area (Å²) in [6.07, 6.45) is 0. The Hall–Kier alpha value is -7.27. The number of oxazole rings is 2. The summed E-state index contributed by atoms with van der Waals surface area (Å²) in [7, 11) is 0. The Morgan fingerprint density at radius 1 is 0.481 bits per heavy atom. The molecule has 0 saturated heterocycles. The van der Waals surface area contributed by atoms with Crippen LogP contribution in [0.15, 0.2) is 142 Å². The fourth-order valence-corrected chi connectivity index (χ4v) is 5.75. The summed E-state index contributed by atoms with van der Waals surface area (Å²) in [5.74, 6) is 1.94. The molecular weight excluding hydrogens is 688 g/mol. The predicted molar refractivity (Wildman–Crippen MR) is 201 cm³/mol. The maximum Gasteiger partial charge on any atom is 0.227 e. The lowest BCUT2D eigenvalue weighted by Crippen LogP contribution is -2.10. The van der Waals surface area contributed by atoms with Crippen LogP contribution in [0.3, 0.4) is 0 Å². The number of hydrogen-bond donors (Lipinski definition) is 2. The number of ether oxygens (including phenoxy) is 4. The number of hydrogen-bond acceptors (Lipinski definition) is 11. The minimum Gasteiger partial charge on any atom is -0.507 e. The Balaban J connectivity index is 0.785. The van der Waals surface area contributed by atoms with Gasteiger partial charge in [-0.1, -0.05) is 24.3 Å². The van der Waals surface area contributed by atoms with Gasteiger partial charge >= 0.3 is 0 Å². The topological polar surface area (TPSA) is 147 Å². The summed E-state index contributed by atoms with van der Waals surface area (Å²) in [6, 6.07) is 38.7. The molecule has 0 aliphatic rings. The van der Waals surface area contributed by atoms with Crippen LogP contribution in [0.4, 0.5) is 0 Å². The number of phenols is 2. The van der Waals surface area contributed by atoms with Gasteiger partial charge in [-0.15, -0.1) is 0 Å². The highest BCUT2D eigenvalue weighted by atomic mass is 16.5. The molecule has 2 aromatic heterocycles. The molecule has 11 nitrogen and oxygen atoms in total. The normalized spacial score (nSPS) is 11.1. The van der Waals surface area contributed by atoms with E-state index in [1.807, 2.05) is 97.1 Å². The first-order valence-corrected chi connectivity index (χ1v) is 17.1. The van der Waals surface area contributed by atoms with Gasteiger partial charge in [0, 0.05) is 23.3 Å². The Bertz CT molecular complexity index is 2320. The molecule has 11 heteroatoms. The molecule has 0 spiro atoms. The van der Waals surface area contributed by atoms with Gasteiger partial charge in [0.25, 0.3) is 0 Å². The Labute approximate surface area is 308 Å². The number of aromatic hydroxyl groups is 2. The number of benzene rings is 6. The lowest BCUT2D eigenvalue weighted by Gasteiger charge is -2.12. The van der Waals surface area contributed by atoms with Gasteiger partial charge in [0.1, 0.15) is 72.0 Å². The number of para-hydroxylation sites is 4. The third-order valence-corrected chi connectivity index (χ3v) is 8.46. The van der Waals surface area contributed by atoms with Crippen LogP contribution in [0, 0.1) is 0 Å². The number of rotatable bonds is 14. The number of carbonyl (C=O) groups excluding carboxylic acids is 1. The number of ketones is 1. The molecule has 0 unspecified atom stereocenters. The molecule has 0 aliphatic heterocycles. The van der Waals surface area contributed by atoms with E-state index in [1.54, 1.807) is 12.1 Å². The second-order valence-corrected chi connectivity index (χ2v) is 12.1. The van der Waals surface area contributed by atoms with Crippen LogP contribution in [0.5, 0.6) is 34.5 Å². The molecule has 8 aromatic rings. The first-order chi connectivity index (χ1) is 26.5. The fraction of sp³-hybridized carbons (Fsp3) is 0.0930. The molecule has 0 atom stereocenters. The van der Waals surface area contributed by atoms with Crippen molar-refractivity contribution >= 4 is 28.0 Å². The van der Waals surface area contributed by atoms with Crippen molar-refractivity contribution < 1.29 is 42.8 Å².